The zero-order chi connectivity index (χ0) is 19.2. The van der Waals surface area contributed by atoms with E-state index in [4.69, 9.17) is 0 Å². The van der Waals surface area contributed by atoms with E-state index in [2.05, 4.69) is 59.5 Å². The van der Waals surface area contributed by atoms with Crippen LogP contribution in [0.15, 0.2) is 36.5 Å². The van der Waals surface area contributed by atoms with E-state index in [1.165, 1.54) is 18.5 Å². The molecule has 2 N–H and O–H groups in total. The molecule has 144 valence electrons. The molecule has 1 aliphatic carbocycles. The van der Waals surface area contributed by atoms with Crippen molar-refractivity contribution in [2.75, 3.05) is 23.3 Å². The Hall–Kier alpha value is -2.56. The first kappa shape index (κ1) is 19.2. The molecule has 3 rings (SSSR count). The third-order valence-corrected chi connectivity index (χ3v) is 5.31. The summed E-state index contributed by atoms with van der Waals surface area (Å²) in [5, 5.41) is 6.48. The van der Waals surface area contributed by atoms with Gasteiger partial charge in [-0.3, -0.25) is 4.79 Å². The topological polar surface area (TPSA) is 57.3 Å². The van der Waals surface area contributed by atoms with Gasteiger partial charge in [0.1, 0.15) is 5.82 Å². The molecule has 0 saturated heterocycles. The Morgan fingerprint density at radius 3 is 2.56 bits per heavy atom. The van der Waals surface area contributed by atoms with E-state index in [9.17, 15) is 4.79 Å². The third kappa shape index (κ3) is 4.79. The van der Waals surface area contributed by atoms with Crippen molar-refractivity contribution >= 4 is 23.1 Å². The minimum atomic E-state index is -0.0130. The van der Waals surface area contributed by atoms with Crippen LogP contribution in [0.25, 0.3) is 0 Å². The number of nitrogens with one attached hydrogen (secondary N) is 2. The van der Waals surface area contributed by atoms with Crippen molar-refractivity contribution in [3.05, 3.63) is 47.7 Å². The van der Waals surface area contributed by atoms with Gasteiger partial charge in [0, 0.05) is 42.3 Å². The summed E-state index contributed by atoms with van der Waals surface area (Å²) in [5.41, 5.74) is 4.03. The van der Waals surface area contributed by atoms with E-state index >= 15 is 0 Å². The molecule has 0 bridgehead atoms. The number of hydrogen-bond acceptors (Lipinski definition) is 4. The van der Waals surface area contributed by atoms with Crippen LogP contribution in [0.1, 0.15) is 55.5 Å². The average Bonchev–Trinajstić information content (AvgIpc) is 3.18. The van der Waals surface area contributed by atoms with Gasteiger partial charge in [0.2, 0.25) is 0 Å². The number of hydrogen-bond donors (Lipinski definition) is 2. The van der Waals surface area contributed by atoms with E-state index in [1.54, 1.807) is 12.3 Å². The summed E-state index contributed by atoms with van der Waals surface area (Å²) in [6.45, 7) is 8.39. The number of aryl methyl sites for hydroxylation is 1. The van der Waals surface area contributed by atoms with Crippen molar-refractivity contribution in [1.82, 2.24) is 10.3 Å². The van der Waals surface area contributed by atoms with Crippen LogP contribution in [0, 0.1) is 6.92 Å². The molecule has 1 amide bonds. The normalized spacial score (nSPS) is 14.2. The molecule has 27 heavy (non-hydrogen) atoms. The Bertz CT molecular complexity index is 780. The zero-order valence-electron chi connectivity index (χ0n) is 16.6. The predicted octanol–water partition coefficient (Wildman–Crippen LogP) is 4.65. The number of carbonyl (C=O) groups is 1. The summed E-state index contributed by atoms with van der Waals surface area (Å²) in [6.07, 6.45) is 6.26. The van der Waals surface area contributed by atoms with Crippen molar-refractivity contribution in [3.8, 4) is 0 Å². The van der Waals surface area contributed by atoms with Gasteiger partial charge in [-0.2, -0.15) is 0 Å². The summed E-state index contributed by atoms with van der Waals surface area (Å²) in [6, 6.07) is 10.3. The number of carbonyl (C=O) groups excluding carboxylic acids is 1. The van der Waals surface area contributed by atoms with Crippen LogP contribution in [0.3, 0.4) is 0 Å². The Morgan fingerprint density at radius 2 is 1.89 bits per heavy atom. The maximum absolute atomic E-state index is 12.5. The minimum Gasteiger partial charge on any atom is -0.372 e. The van der Waals surface area contributed by atoms with Crippen molar-refractivity contribution in [3.63, 3.8) is 0 Å². The lowest BCUT2D eigenvalue weighted by molar-refractivity contribution is 0.0938. The number of anilines is 3. The van der Waals surface area contributed by atoms with Crippen LogP contribution in [0.5, 0.6) is 0 Å². The molecule has 1 fully saturated rings. The van der Waals surface area contributed by atoms with E-state index < -0.39 is 0 Å². The highest BCUT2D eigenvalue weighted by Crippen LogP contribution is 2.25. The van der Waals surface area contributed by atoms with Gasteiger partial charge in [-0.1, -0.05) is 12.8 Å². The van der Waals surface area contributed by atoms with Gasteiger partial charge in [0.25, 0.3) is 5.91 Å². The van der Waals surface area contributed by atoms with Crippen LogP contribution in [-0.4, -0.2) is 30.0 Å². The third-order valence-electron chi connectivity index (χ3n) is 5.31. The Labute approximate surface area is 162 Å². The SMILES string of the molecule is CCN(CC)c1ccc(Nc2cc(C(=O)NC3CCCC3)ccn2)c(C)c1. The molecule has 5 heteroatoms. The fourth-order valence-electron chi connectivity index (χ4n) is 3.69. The van der Waals surface area contributed by atoms with E-state index in [0.717, 1.165) is 37.2 Å². The fourth-order valence-corrected chi connectivity index (χ4v) is 3.69. The first-order valence-electron chi connectivity index (χ1n) is 10.00. The molecule has 0 spiro atoms. The van der Waals surface area contributed by atoms with Gasteiger partial charge in [-0.25, -0.2) is 4.98 Å². The van der Waals surface area contributed by atoms with Crippen LogP contribution in [-0.2, 0) is 0 Å². The molecular weight excluding hydrogens is 336 g/mol. The molecule has 1 heterocycles. The van der Waals surface area contributed by atoms with Crippen LogP contribution >= 0.6 is 0 Å². The quantitative estimate of drug-likeness (QED) is 0.749. The molecule has 2 aromatic rings. The number of nitrogens with zero attached hydrogens (tertiary/aromatic N) is 2. The lowest BCUT2D eigenvalue weighted by atomic mass is 10.1. The molecule has 0 atom stereocenters. The first-order valence-corrected chi connectivity index (χ1v) is 10.00. The number of aromatic nitrogens is 1. The highest BCUT2D eigenvalue weighted by Gasteiger charge is 2.18. The summed E-state index contributed by atoms with van der Waals surface area (Å²) in [5.74, 6) is 0.675. The summed E-state index contributed by atoms with van der Waals surface area (Å²) < 4.78 is 0. The monoisotopic (exact) mass is 366 g/mol. The fraction of sp³-hybridized carbons (Fsp3) is 0.455. The Morgan fingerprint density at radius 1 is 1.15 bits per heavy atom. The first-order chi connectivity index (χ1) is 13.1. The molecule has 0 radical (unpaired) electrons. The van der Waals surface area contributed by atoms with Gasteiger partial charge in [0.15, 0.2) is 0 Å². The second-order valence-electron chi connectivity index (χ2n) is 7.18. The Kier molecular flexibility index (Phi) is 6.32. The number of pyridine rings is 1. The lowest BCUT2D eigenvalue weighted by Crippen LogP contribution is -2.32. The summed E-state index contributed by atoms with van der Waals surface area (Å²) >= 11 is 0. The molecule has 1 saturated carbocycles. The molecule has 0 aliphatic heterocycles. The maximum atomic E-state index is 12.5. The van der Waals surface area contributed by atoms with Crippen molar-refractivity contribution < 1.29 is 4.79 Å². The smallest absolute Gasteiger partial charge is 0.251 e. The zero-order valence-corrected chi connectivity index (χ0v) is 16.6. The number of rotatable bonds is 7. The highest BCUT2D eigenvalue weighted by molar-refractivity contribution is 5.95. The standard InChI is InChI=1S/C22H30N4O/c1-4-26(5-2)19-10-11-20(16(3)14-19)25-21-15-17(12-13-23-21)22(27)24-18-8-6-7-9-18/h10-15,18H,4-9H2,1-3H3,(H,23,25)(H,24,27). The largest absolute Gasteiger partial charge is 0.372 e. The van der Waals surface area contributed by atoms with Gasteiger partial charge in [-0.05, 0) is 69.5 Å². The second kappa shape index (κ2) is 8.89. The number of amides is 1. The molecule has 0 unspecified atom stereocenters. The van der Waals surface area contributed by atoms with E-state index in [-0.39, 0.29) is 5.91 Å². The van der Waals surface area contributed by atoms with Gasteiger partial charge in [-0.15, -0.1) is 0 Å². The molecular formula is C22H30N4O. The summed E-state index contributed by atoms with van der Waals surface area (Å²) in [7, 11) is 0. The second-order valence-corrected chi connectivity index (χ2v) is 7.18. The molecule has 5 nitrogen and oxygen atoms in total. The van der Waals surface area contributed by atoms with Crippen LogP contribution < -0.4 is 15.5 Å². The molecule has 1 aromatic carbocycles. The highest BCUT2D eigenvalue weighted by atomic mass is 16.1. The van der Waals surface area contributed by atoms with E-state index in [1.807, 2.05) is 6.07 Å². The Balaban J connectivity index is 1.71. The molecule has 1 aromatic heterocycles. The summed E-state index contributed by atoms with van der Waals surface area (Å²) in [4.78, 5) is 19.2. The lowest BCUT2D eigenvalue weighted by Gasteiger charge is -2.22. The minimum absolute atomic E-state index is 0.0130. The van der Waals surface area contributed by atoms with Gasteiger partial charge >= 0.3 is 0 Å². The van der Waals surface area contributed by atoms with Crippen LogP contribution in [0.4, 0.5) is 17.2 Å². The number of benzene rings is 1. The predicted molar refractivity (Wildman–Crippen MR) is 112 cm³/mol. The molecule has 1 aliphatic rings. The van der Waals surface area contributed by atoms with E-state index in [0.29, 0.717) is 17.4 Å². The van der Waals surface area contributed by atoms with Crippen molar-refractivity contribution in [2.45, 2.75) is 52.5 Å². The van der Waals surface area contributed by atoms with Crippen molar-refractivity contribution in [2.24, 2.45) is 0 Å². The van der Waals surface area contributed by atoms with Gasteiger partial charge in [0.05, 0.1) is 0 Å². The van der Waals surface area contributed by atoms with Crippen LogP contribution in [0.2, 0.25) is 0 Å². The maximum Gasteiger partial charge on any atom is 0.251 e. The van der Waals surface area contributed by atoms with Crippen molar-refractivity contribution in [1.29, 1.82) is 0 Å². The average molecular weight is 367 g/mol. The van der Waals surface area contributed by atoms with Gasteiger partial charge < -0.3 is 15.5 Å².